The monoisotopic (exact) mass is 325 g/mol. The number of carbonyl (C=O) groups excluding carboxylic acids is 1. The molecule has 3 rings (SSSR count). The number of hydrogen-bond acceptors (Lipinski definition) is 4. The maximum Gasteiger partial charge on any atom is 0.258 e. The molecule has 0 saturated carbocycles. The van der Waals surface area contributed by atoms with Gasteiger partial charge in [-0.05, 0) is 11.1 Å². The first-order chi connectivity index (χ1) is 11.8. The van der Waals surface area contributed by atoms with E-state index in [-0.39, 0.29) is 11.9 Å². The zero-order valence-corrected chi connectivity index (χ0v) is 13.7. The molecule has 5 heteroatoms. The van der Waals surface area contributed by atoms with E-state index in [1.807, 2.05) is 60.7 Å². The third kappa shape index (κ3) is 4.00. The topological polar surface area (TPSA) is 58.8 Å². The van der Waals surface area contributed by atoms with E-state index in [2.05, 4.69) is 4.90 Å². The van der Waals surface area contributed by atoms with Crippen molar-refractivity contribution in [2.24, 2.45) is 5.84 Å². The van der Waals surface area contributed by atoms with Crippen LogP contribution in [0.2, 0.25) is 0 Å². The Bertz CT molecular complexity index is 642. The molecule has 0 spiro atoms. The van der Waals surface area contributed by atoms with E-state index in [1.54, 1.807) is 0 Å². The number of hydrazine groups is 1. The Morgan fingerprint density at radius 2 is 1.62 bits per heavy atom. The average molecular weight is 325 g/mol. The number of hydrogen-bond donors (Lipinski definition) is 1. The van der Waals surface area contributed by atoms with Gasteiger partial charge in [-0.2, -0.15) is 0 Å². The first-order valence-corrected chi connectivity index (χ1v) is 8.22. The molecular weight excluding hydrogens is 302 g/mol. The summed E-state index contributed by atoms with van der Waals surface area (Å²) in [6.45, 7) is 3.13. The third-order valence-corrected chi connectivity index (χ3v) is 4.24. The fourth-order valence-corrected chi connectivity index (χ4v) is 3.00. The summed E-state index contributed by atoms with van der Waals surface area (Å²) in [5.74, 6) is 6.03. The normalized spacial score (nSPS) is 16.5. The molecule has 1 saturated heterocycles. The third-order valence-electron chi connectivity index (χ3n) is 4.24. The minimum atomic E-state index is -0.371. The first-order valence-electron chi connectivity index (χ1n) is 8.22. The molecule has 0 aromatic heterocycles. The Morgan fingerprint density at radius 3 is 2.25 bits per heavy atom. The predicted octanol–water partition coefficient (Wildman–Crippen LogP) is 1.96. The second kappa shape index (κ2) is 8.06. The highest BCUT2D eigenvalue weighted by molar-refractivity contribution is 5.82. The number of ether oxygens (including phenoxy) is 1. The van der Waals surface area contributed by atoms with Gasteiger partial charge in [0.1, 0.15) is 6.04 Å². The second-order valence-electron chi connectivity index (χ2n) is 5.91. The van der Waals surface area contributed by atoms with Gasteiger partial charge in [-0.15, -0.1) is 0 Å². The largest absolute Gasteiger partial charge is 0.379 e. The Hall–Kier alpha value is -2.21. The lowest BCUT2D eigenvalue weighted by Crippen LogP contribution is -2.49. The van der Waals surface area contributed by atoms with Crippen molar-refractivity contribution >= 4 is 5.91 Å². The van der Waals surface area contributed by atoms with Crippen molar-refractivity contribution in [1.29, 1.82) is 0 Å². The van der Waals surface area contributed by atoms with Crippen LogP contribution in [0.4, 0.5) is 0 Å². The Kier molecular flexibility index (Phi) is 5.59. The van der Waals surface area contributed by atoms with Crippen LogP contribution >= 0.6 is 0 Å². The lowest BCUT2D eigenvalue weighted by atomic mass is 10.0. The van der Waals surface area contributed by atoms with Crippen molar-refractivity contribution in [2.45, 2.75) is 12.6 Å². The van der Waals surface area contributed by atoms with Gasteiger partial charge >= 0.3 is 0 Å². The zero-order chi connectivity index (χ0) is 16.8. The molecule has 1 atom stereocenters. The fourth-order valence-electron chi connectivity index (χ4n) is 3.00. The van der Waals surface area contributed by atoms with Gasteiger partial charge in [-0.3, -0.25) is 14.7 Å². The van der Waals surface area contributed by atoms with Crippen molar-refractivity contribution in [3.05, 3.63) is 71.8 Å². The summed E-state index contributed by atoms with van der Waals surface area (Å²) in [4.78, 5) is 15.2. The number of carbonyl (C=O) groups is 1. The molecule has 0 radical (unpaired) electrons. The van der Waals surface area contributed by atoms with Crippen molar-refractivity contribution in [1.82, 2.24) is 9.91 Å². The molecule has 5 nitrogen and oxygen atoms in total. The fraction of sp³-hybridized carbons (Fsp3) is 0.316. The highest BCUT2D eigenvalue weighted by Crippen LogP contribution is 2.24. The summed E-state index contributed by atoms with van der Waals surface area (Å²) in [7, 11) is 0. The van der Waals surface area contributed by atoms with Crippen LogP contribution in [0.15, 0.2) is 60.7 Å². The van der Waals surface area contributed by atoms with Gasteiger partial charge in [-0.25, -0.2) is 5.84 Å². The average Bonchev–Trinajstić information content (AvgIpc) is 2.64. The summed E-state index contributed by atoms with van der Waals surface area (Å²) in [6, 6.07) is 19.2. The summed E-state index contributed by atoms with van der Waals surface area (Å²) >= 11 is 0. The van der Waals surface area contributed by atoms with Gasteiger partial charge in [-0.1, -0.05) is 60.7 Å². The van der Waals surface area contributed by atoms with Gasteiger partial charge in [0.15, 0.2) is 0 Å². The SMILES string of the molecule is NN(Cc1ccccc1)C(=O)[C@@H](c1ccccc1)N1CCOCC1. The second-order valence-corrected chi connectivity index (χ2v) is 5.91. The summed E-state index contributed by atoms with van der Waals surface area (Å²) in [6.07, 6.45) is 0. The molecule has 0 bridgehead atoms. The number of amides is 1. The molecular formula is C19H23N3O2. The lowest BCUT2D eigenvalue weighted by Gasteiger charge is -2.35. The minimum Gasteiger partial charge on any atom is -0.379 e. The highest BCUT2D eigenvalue weighted by Gasteiger charge is 2.31. The molecule has 126 valence electrons. The number of morpholine rings is 1. The van der Waals surface area contributed by atoms with Crippen LogP contribution < -0.4 is 5.84 Å². The van der Waals surface area contributed by atoms with Gasteiger partial charge < -0.3 is 4.74 Å². The van der Waals surface area contributed by atoms with Gasteiger partial charge in [0.2, 0.25) is 0 Å². The summed E-state index contributed by atoms with van der Waals surface area (Å²) in [5.41, 5.74) is 1.98. The highest BCUT2D eigenvalue weighted by atomic mass is 16.5. The smallest absolute Gasteiger partial charge is 0.258 e. The van der Waals surface area contributed by atoms with E-state index in [9.17, 15) is 4.79 Å². The molecule has 1 heterocycles. The van der Waals surface area contributed by atoms with Crippen LogP contribution in [0.25, 0.3) is 0 Å². The Balaban J connectivity index is 1.80. The van der Waals surface area contributed by atoms with E-state index in [4.69, 9.17) is 10.6 Å². The van der Waals surface area contributed by atoms with Crippen LogP contribution in [0.5, 0.6) is 0 Å². The van der Waals surface area contributed by atoms with E-state index < -0.39 is 0 Å². The molecule has 1 amide bonds. The molecule has 2 N–H and O–H groups in total. The summed E-state index contributed by atoms with van der Waals surface area (Å²) in [5, 5.41) is 1.32. The standard InChI is InChI=1S/C19H23N3O2/c20-22(15-16-7-3-1-4-8-16)19(23)18(17-9-5-2-6-10-17)21-11-13-24-14-12-21/h1-10,18H,11-15,20H2/t18-/m1/s1. The van der Waals surface area contributed by atoms with E-state index in [1.165, 1.54) is 5.01 Å². The Morgan fingerprint density at radius 1 is 1.04 bits per heavy atom. The van der Waals surface area contributed by atoms with Crippen LogP contribution in [0.1, 0.15) is 17.2 Å². The first kappa shape index (κ1) is 16.6. The van der Waals surface area contributed by atoms with Crippen molar-refractivity contribution < 1.29 is 9.53 Å². The van der Waals surface area contributed by atoms with Crippen molar-refractivity contribution in [3.8, 4) is 0 Å². The molecule has 2 aromatic carbocycles. The van der Waals surface area contributed by atoms with Gasteiger partial charge in [0, 0.05) is 13.1 Å². The number of benzene rings is 2. The summed E-state index contributed by atoms with van der Waals surface area (Å²) < 4.78 is 5.42. The van der Waals surface area contributed by atoms with Crippen LogP contribution in [0, 0.1) is 0 Å². The predicted molar refractivity (Wildman–Crippen MR) is 92.8 cm³/mol. The molecule has 1 aliphatic heterocycles. The maximum atomic E-state index is 13.1. The van der Waals surface area contributed by atoms with Gasteiger partial charge in [0.25, 0.3) is 5.91 Å². The van der Waals surface area contributed by atoms with E-state index >= 15 is 0 Å². The van der Waals surface area contributed by atoms with Gasteiger partial charge in [0.05, 0.1) is 19.8 Å². The molecule has 24 heavy (non-hydrogen) atoms. The molecule has 0 unspecified atom stereocenters. The Labute approximate surface area is 142 Å². The van der Waals surface area contributed by atoms with E-state index in [0.717, 1.165) is 24.2 Å². The molecule has 1 aliphatic rings. The van der Waals surface area contributed by atoms with Crippen molar-refractivity contribution in [3.63, 3.8) is 0 Å². The van der Waals surface area contributed by atoms with Crippen molar-refractivity contribution in [2.75, 3.05) is 26.3 Å². The molecule has 1 fully saturated rings. The zero-order valence-electron chi connectivity index (χ0n) is 13.7. The van der Waals surface area contributed by atoms with Crippen LogP contribution in [0.3, 0.4) is 0 Å². The minimum absolute atomic E-state index is 0.0908. The lowest BCUT2D eigenvalue weighted by molar-refractivity contribution is -0.140. The van der Waals surface area contributed by atoms with Crippen LogP contribution in [-0.4, -0.2) is 42.1 Å². The quantitative estimate of drug-likeness (QED) is 0.519. The number of rotatable bonds is 5. The molecule has 0 aliphatic carbocycles. The van der Waals surface area contributed by atoms with Crippen LogP contribution in [-0.2, 0) is 16.1 Å². The molecule has 2 aromatic rings. The number of nitrogens with zero attached hydrogens (tertiary/aromatic N) is 2. The maximum absolute atomic E-state index is 13.1. The van der Waals surface area contributed by atoms with E-state index in [0.29, 0.717) is 19.8 Å². The number of nitrogens with two attached hydrogens (primary N) is 1.